The number of rotatable bonds is 2. The lowest BCUT2D eigenvalue weighted by Gasteiger charge is -2.18. The molecule has 1 aromatic heterocycles. The zero-order chi connectivity index (χ0) is 20.2. The molecule has 1 heterocycles. The van der Waals surface area contributed by atoms with Crippen LogP contribution in [0.2, 0.25) is 0 Å². The van der Waals surface area contributed by atoms with Crippen molar-refractivity contribution in [2.45, 2.75) is 66.7 Å². The van der Waals surface area contributed by atoms with E-state index >= 15 is 0 Å². The van der Waals surface area contributed by atoms with Gasteiger partial charge in [-0.1, -0.05) is 36.2 Å². The third kappa shape index (κ3) is 3.23. The van der Waals surface area contributed by atoms with Gasteiger partial charge >= 0.3 is 0 Å². The molecule has 0 radical (unpaired) electrons. The number of aryl methyl sites for hydroxylation is 4. The lowest BCUT2D eigenvalue weighted by atomic mass is 9.88. The van der Waals surface area contributed by atoms with Crippen LogP contribution in [0.1, 0.15) is 66.8 Å². The maximum Gasteiger partial charge on any atom is 0.242 e. The molecule has 28 heavy (non-hydrogen) atoms. The highest BCUT2D eigenvalue weighted by molar-refractivity contribution is 5.86. The molecule has 3 aromatic rings. The lowest BCUT2D eigenvalue weighted by molar-refractivity contribution is -0.718. The summed E-state index contributed by atoms with van der Waals surface area (Å²) in [5.74, 6) is 0.680. The van der Waals surface area contributed by atoms with Gasteiger partial charge in [-0.3, -0.25) is 0 Å². The minimum absolute atomic E-state index is 0.470. The van der Waals surface area contributed by atoms with Gasteiger partial charge < -0.3 is 0 Å². The van der Waals surface area contributed by atoms with Crippen molar-refractivity contribution in [3.8, 4) is 11.3 Å². The summed E-state index contributed by atoms with van der Waals surface area (Å²) in [5.41, 5.74) is 10.9. The van der Waals surface area contributed by atoms with E-state index in [0.29, 0.717) is 11.3 Å². The highest BCUT2D eigenvalue weighted by atomic mass is 15.2. The molecule has 2 nitrogen and oxygen atoms in total. The summed E-state index contributed by atoms with van der Waals surface area (Å²) in [6, 6.07) is 11.5. The Morgan fingerprint density at radius 3 is 2.43 bits per heavy atom. The highest BCUT2D eigenvalue weighted by Crippen LogP contribution is 2.46. The van der Waals surface area contributed by atoms with Crippen molar-refractivity contribution in [1.29, 1.82) is 0 Å². The van der Waals surface area contributed by atoms with E-state index in [2.05, 4.69) is 83.6 Å². The molecule has 1 aliphatic rings. The van der Waals surface area contributed by atoms with Crippen LogP contribution in [-0.2, 0) is 7.05 Å². The number of fused-ring (bicyclic) bond motifs is 1. The van der Waals surface area contributed by atoms with Gasteiger partial charge in [0.2, 0.25) is 5.69 Å². The summed E-state index contributed by atoms with van der Waals surface area (Å²) in [5, 5.41) is 6.23. The van der Waals surface area contributed by atoms with Crippen LogP contribution in [0.25, 0.3) is 22.2 Å². The zero-order valence-corrected chi connectivity index (χ0v) is 18.5. The molecular weight excluding hydrogens is 340 g/mol. The fourth-order valence-electron chi connectivity index (χ4n) is 5.16. The van der Waals surface area contributed by atoms with Crippen molar-refractivity contribution < 1.29 is 4.68 Å². The maximum atomic E-state index is 4.93. The van der Waals surface area contributed by atoms with Gasteiger partial charge in [0.1, 0.15) is 5.52 Å². The second-order valence-electron chi connectivity index (χ2n) is 9.73. The predicted molar refractivity (Wildman–Crippen MR) is 118 cm³/mol. The van der Waals surface area contributed by atoms with Gasteiger partial charge in [-0.15, -0.1) is 0 Å². The molecular formula is C26H33N2+. The molecule has 146 valence electrons. The van der Waals surface area contributed by atoms with E-state index in [4.69, 9.17) is 5.10 Å². The van der Waals surface area contributed by atoms with E-state index in [9.17, 15) is 0 Å². The van der Waals surface area contributed by atoms with Crippen molar-refractivity contribution in [3.05, 3.63) is 58.1 Å². The third-order valence-electron chi connectivity index (χ3n) is 6.87. The SMILES string of the molecule is Cc1cc(C)c(C)c(-c2c(C)c3cc(C4CCC(C)(C)C4)ccc3n[n+]2C)c1. The number of hydrogen-bond acceptors (Lipinski definition) is 1. The van der Waals surface area contributed by atoms with Crippen LogP contribution in [0.4, 0.5) is 0 Å². The number of aromatic nitrogens is 2. The topological polar surface area (TPSA) is 16.8 Å². The Balaban J connectivity index is 1.90. The van der Waals surface area contributed by atoms with Gasteiger partial charge in [-0.05, 0) is 93.2 Å². The van der Waals surface area contributed by atoms with Crippen molar-refractivity contribution >= 4 is 10.9 Å². The summed E-state index contributed by atoms with van der Waals surface area (Å²) in [6.07, 6.45) is 3.91. The maximum absolute atomic E-state index is 4.93. The summed E-state index contributed by atoms with van der Waals surface area (Å²) in [6.45, 7) is 13.7. The standard InChI is InChI=1S/C26H33N2/c1-16-12-17(2)18(3)23(13-16)25-19(4)22-14-20(8-9-24(22)27-28(25)7)21-10-11-26(5,6)15-21/h8-9,12-14,21H,10-11,15H2,1-7H3/q+1. The molecule has 0 saturated heterocycles. The van der Waals surface area contributed by atoms with Crippen molar-refractivity contribution in [1.82, 2.24) is 5.10 Å². The molecule has 4 rings (SSSR count). The van der Waals surface area contributed by atoms with Gasteiger partial charge in [0.15, 0.2) is 7.05 Å². The zero-order valence-electron chi connectivity index (χ0n) is 18.5. The van der Waals surface area contributed by atoms with Crippen LogP contribution in [0, 0.1) is 33.1 Å². The van der Waals surface area contributed by atoms with E-state index in [1.54, 1.807) is 0 Å². The van der Waals surface area contributed by atoms with Crippen molar-refractivity contribution in [2.75, 3.05) is 0 Å². The Morgan fingerprint density at radius 1 is 1.00 bits per heavy atom. The Bertz CT molecular complexity index is 1080. The Morgan fingerprint density at radius 2 is 1.75 bits per heavy atom. The Labute approximate surface area is 169 Å². The van der Waals surface area contributed by atoms with Crippen LogP contribution in [0.5, 0.6) is 0 Å². The van der Waals surface area contributed by atoms with E-state index in [0.717, 1.165) is 5.52 Å². The second-order valence-corrected chi connectivity index (χ2v) is 9.73. The summed E-state index contributed by atoms with van der Waals surface area (Å²) in [7, 11) is 2.08. The Kier molecular flexibility index (Phi) is 4.56. The summed E-state index contributed by atoms with van der Waals surface area (Å²) < 4.78 is 2.07. The molecule has 0 spiro atoms. The molecule has 2 aromatic carbocycles. The van der Waals surface area contributed by atoms with Crippen LogP contribution >= 0.6 is 0 Å². The van der Waals surface area contributed by atoms with Crippen LogP contribution in [0.15, 0.2) is 30.3 Å². The van der Waals surface area contributed by atoms with Crippen LogP contribution in [-0.4, -0.2) is 5.10 Å². The van der Waals surface area contributed by atoms with Gasteiger partial charge in [-0.25, -0.2) is 0 Å². The van der Waals surface area contributed by atoms with E-state index < -0.39 is 0 Å². The predicted octanol–water partition coefficient (Wildman–Crippen LogP) is 6.25. The monoisotopic (exact) mass is 373 g/mol. The number of hydrogen-bond donors (Lipinski definition) is 0. The summed E-state index contributed by atoms with van der Waals surface area (Å²) >= 11 is 0. The first-order valence-electron chi connectivity index (χ1n) is 10.5. The van der Waals surface area contributed by atoms with E-state index in [1.165, 1.54) is 63.7 Å². The molecule has 1 atom stereocenters. The van der Waals surface area contributed by atoms with Crippen molar-refractivity contribution in [2.24, 2.45) is 12.5 Å². The highest BCUT2D eigenvalue weighted by Gasteiger charge is 2.32. The number of benzene rings is 2. The minimum Gasteiger partial charge on any atom is -0.0856 e. The minimum atomic E-state index is 0.470. The average molecular weight is 374 g/mol. The van der Waals surface area contributed by atoms with E-state index in [-0.39, 0.29) is 0 Å². The third-order valence-corrected chi connectivity index (χ3v) is 6.87. The summed E-state index contributed by atoms with van der Waals surface area (Å²) in [4.78, 5) is 0. The van der Waals surface area contributed by atoms with Crippen molar-refractivity contribution in [3.63, 3.8) is 0 Å². The molecule has 1 unspecified atom stereocenters. The normalized spacial score (nSPS) is 18.8. The molecule has 1 saturated carbocycles. The first-order chi connectivity index (χ1) is 13.2. The molecule has 0 bridgehead atoms. The lowest BCUT2D eigenvalue weighted by Crippen LogP contribution is -2.37. The molecule has 1 fully saturated rings. The molecule has 0 amide bonds. The molecule has 0 aliphatic heterocycles. The quantitative estimate of drug-likeness (QED) is 0.485. The Hall–Kier alpha value is -2.22. The second kappa shape index (κ2) is 6.69. The van der Waals surface area contributed by atoms with Gasteiger partial charge in [-0.2, -0.15) is 0 Å². The van der Waals surface area contributed by atoms with Gasteiger partial charge in [0.05, 0.1) is 5.56 Å². The van der Waals surface area contributed by atoms with Crippen LogP contribution < -0.4 is 4.68 Å². The molecule has 2 heteroatoms. The van der Waals surface area contributed by atoms with Gasteiger partial charge in [0, 0.05) is 16.0 Å². The van der Waals surface area contributed by atoms with Crippen LogP contribution in [0.3, 0.4) is 0 Å². The average Bonchev–Trinajstić information content (AvgIpc) is 2.98. The molecule has 0 N–H and O–H groups in total. The van der Waals surface area contributed by atoms with E-state index in [1.807, 2.05) is 0 Å². The van der Waals surface area contributed by atoms with Gasteiger partial charge in [0.25, 0.3) is 0 Å². The molecule has 1 aliphatic carbocycles. The first kappa shape index (κ1) is 19.1. The first-order valence-corrected chi connectivity index (χ1v) is 10.5. The fraction of sp³-hybridized carbons (Fsp3) is 0.462. The largest absolute Gasteiger partial charge is 0.242 e. The number of nitrogens with zero attached hydrogens (tertiary/aromatic N) is 2. The fourth-order valence-corrected chi connectivity index (χ4v) is 5.16. The smallest absolute Gasteiger partial charge is 0.0856 e.